The van der Waals surface area contributed by atoms with E-state index in [2.05, 4.69) is 38.2 Å². The zero-order chi connectivity index (χ0) is 14.3. The Kier molecular flexibility index (Phi) is 3.98. The molecule has 0 aromatic carbocycles. The lowest BCUT2D eigenvalue weighted by Gasteiger charge is -2.38. The van der Waals surface area contributed by atoms with Gasteiger partial charge in [0.2, 0.25) is 0 Å². The molecule has 0 aromatic heterocycles. The predicted octanol–water partition coefficient (Wildman–Crippen LogP) is 3.47. The monoisotopic (exact) mass is 276 g/mol. The van der Waals surface area contributed by atoms with Gasteiger partial charge >= 0.3 is 0 Å². The molecule has 2 nitrogen and oxygen atoms in total. The average Bonchev–Trinajstić information content (AvgIpc) is 3.14. The molecule has 0 aromatic rings. The third kappa shape index (κ3) is 3.12. The Morgan fingerprint density at radius 1 is 1.10 bits per heavy atom. The summed E-state index contributed by atoms with van der Waals surface area (Å²) in [6, 6.07) is 1.99. The van der Waals surface area contributed by atoms with Crippen molar-refractivity contribution in [3.8, 4) is 0 Å². The van der Waals surface area contributed by atoms with Crippen molar-refractivity contribution in [2.45, 2.75) is 77.4 Å². The van der Waals surface area contributed by atoms with Crippen LogP contribution in [0, 0.1) is 23.2 Å². The van der Waals surface area contributed by atoms with E-state index < -0.39 is 0 Å². The zero-order valence-corrected chi connectivity index (χ0v) is 13.4. The van der Waals surface area contributed by atoms with Crippen LogP contribution in [0.4, 0.5) is 0 Å². The van der Waals surface area contributed by atoms with E-state index in [1.54, 1.807) is 0 Å². The number of hydrogen-bond donors (Lipinski definition) is 2. The van der Waals surface area contributed by atoms with Crippen LogP contribution in [-0.4, -0.2) is 18.1 Å². The molecule has 4 unspecified atom stereocenters. The topological polar surface area (TPSA) is 38.0 Å². The van der Waals surface area contributed by atoms with Crippen molar-refractivity contribution in [2.24, 2.45) is 28.9 Å². The SMILES string of the molecule is CC1C=CC(C)(C)C(C2CC2NC2CCC(N)CC2)C1. The third-order valence-electron chi connectivity index (χ3n) is 6.01. The fraction of sp³-hybridized carbons (Fsp3) is 0.889. The molecule has 0 spiro atoms. The molecule has 3 aliphatic carbocycles. The summed E-state index contributed by atoms with van der Waals surface area (Å²) in [4.78, 5) is 0. The summed E-state index contributed by atoms with van der Waals surface area (Å²) in [6.45, 7) is 7.22. The highest BCUT2D eigenvalue weighted by atomic mass is 15.0. The van der Waals surface area contributed by atoms with Crippen molar-refractivity contribution >= 4 is 0 Å². The molecule has 2 heteroatoms. The molecule has 3 rings (SSSR count). The van der Waals surface area contributed by atoms with Gasteiger partial charge < -0.3 is 11.1 Å². The number of rotatable bonds is 3. The van der Waals surface area contributed by atoms with Gasteiger partial charge in [-0.25, -0.2) is 0 Å². The summed E-state index contributed by atoms with van der Waals surface area (Å²) < 4.78 is 0. The Labute approximate surface area is 124 Å². The standard InChI is InChI=1S/C18H32N2/c1-12-8-9-18(2,3)16(10-12)15-11-17(15)20-14-6-4-13(19)5-7-14/h8-9,12-17,20H,4-7,10-11,19H2,1-3H3. The van der Waals surface area contributed by atoms with Gasteiger partial charge in [-0.3, -0.25) is 0 Å². The van der Waals surface area contributed by atoms with Gasteiger partial charge in [0, 0.05) is 18.1 Å². The van der Waals surface area contributed by atoms with Crippen LogP contribution in [-0.2, 0) is 0 Å². The first-order valence-corrected chi connectivity index (χ1v) is 8.66. The first-order chi connectivity index (χ1) is 9.45. The molecule has 0 aliphatic heterocycles. The van der Waals surface area contributed by atoms with Gasteiger partial charge in [-0.2, -0.15) is 0 Å². The van der Waals surface area contributed by atoms with Gasteiger partial charge in [0.15, 0.2) is 0 Å². The Hall–Kier alpha value is -0.340. The molecule has 3 N–H and O–H groups in total. The van der Waals surface area contributed by atoms with E-state index in [-0.39, 0.29) is 0 Å². The lowest BCUT2D eigenvalue weighted by Crippen LogP contribution is -2.40. The van der Waals surface area contributed by atoms with Gasteiger partial charge in [-0.05, 0) is 61.7 Å². The summed E-state index contributed by atoms with van der Waals surface area (Å²) in [6.07, 6.45) is 12.7. The number of nitrogens with two attached hydrogens (primary N) is 1. The fourth-order valence-electron chi connectivity index (χ4n) is 4.48. The predicted molar refractivity (Wildman–Crippen MR) is 85.5 cm³/mol. The van der Waals surface area contributed by atoms with E-state index in [0.717, 1.165) is 29.8 Å². The summed E-state index contributed by atoms with van der Waals surface area (Å²) in [5.41, 5.74) is 6.39. The minimum absolute atomic E-state index is 0.391. The molecule has 2 fully saturated rings. The van der Waals surface area contributed by atoms with Crippen LogP contribution in [0.15, 0.2) is 12.2 Å². The number of allylic oxidation sites excluding steroid dienone is 2. The molecule has 114 valence electrons. The molecule has 4 atom stereocenters. The number of hydrogen-bond acceptors (Lipinski definition) is 2. The number of nitrogens with one attached hydrogen (secondary N) is 1. The van der Waals surface area contributed by atoms with Gasteiger partial charge in [0.05, 0.1) is 0 Å². The molecule has 2 saturated carbocycles. The first-order valence-electron chi connectivity index (χ1n) is 8.66. The lowest BCUT2D eigenvalue weighted by molar-refractivity contribution is 0.190. The normalized spacial score (nSPS) is 47.2. The van der Waals surface area contributed by atoms with Crippen molar-refractivity contribution in [3.05, 3.63) is 12.2 Å². The fourth-order valence-corrected chi connectivity index (χ4v) is 4.48. The third-order valence-corrected chi connectivity index (χ3v) is 6.01. The molecule has 3 aliphatic rings. The maximum Gasteiger partial charge on any atom is 0.0105 e. The summed E-state index contributed by atoms with van der Waals surface area (Å²) in [5, 5.41) is 3.93. The van der Waals surface area contributed by atoms with Crippen LogP contribution in [0.5, 0.6) is 0 Å². The highest BCUT2D eigenvalue weighted by molar-refractivity contribution is 5.12. The zero-order valence-electron chi connectivity index (χ0n) is 13.4. The highest BCUT2D eigenvalue weighted by Crippen LogP contribution is 2.51. The Morgan fingerprint density at radius 2 is 1.80 bits per heavy atom. The van der Waals surface area contributed by atoms with Gasteiger partial charge in [-0.1, -0.05) is 32.9 Å². The largest absolute Gasteiger partial charge is 0.328 e. The second-order valence-electron chi connectivity index (χ2n) is 8.28. The Bertz CT molecular complexity index is 366. The maximum atomic E-state index is 6.00. The van der Waals surface area contributed by atoms with E-state index in [4.69, 9.17) is 5.73 Å². The van der Waals surface area contributed by atoms with Crippen molar-refractivity contribution in [1.82, 2.24) is 5.32 Å². The summed E-state index contributed by atoms with van der Waals surface area (Å²) in [7, 11) is 0. The highest BCUT2D eigenvalue weighted by Gasteiger charge is 2.49. The molecule has 0 amide bonds. The van der Waals surface area contributed by atoms with Crippen molar-refractivity contribution in [2.75, 3.05) is 0 Å². The average molecular weight is 276 g/mol. The second kappa shape index (κ2) is 5.46. The van der Waals surface area contributed by atoms with Crippen molar-refractivity contribution in [1.29, 1.82) is 0 Å². The van der Waals surface area contributed by atoms with Crippen LogP contribution >= 0.6 is 0 Å². The smallest absolute Gasteiger partial charge is 0.0105 e. The summed E-state index contributed by atoms with van der Waals surface area (Å²) in [5.74, 6) is 2.54. The Morgan fingerprint density at radius 3 is 2.50 bits per heavy atom. The molecule has 0 bridgehead atoms. The molecular weight excluding hydrogens is 244 g/mol. The maximum absolute atomic E-state index is 6.00. The van der Waals surface area contributed by atoms with Crippen LogP contribution in [0.25, 0.3) is 0 Å². The minimum Gasteiger partial charge on any atom is -0.328 e. The molecule has 0 saturated heterocycles. The van der Waals surface area contributed by atoms with Gasteiger partial charge in [0.1, 0.15) is 0 Å². The van der Waals surface area contributed by atoms with Crippen LogP contribution in [0.1, 0.15) is 59.3 Å². The Balaban J connectivity index is 1.52. The molecule has 0 heterocycles. The molecular formula is C18H32N2. The van der Waals surface area contributed by atoms with Crippen molar-refractivity contribution < 1.29 is 0 Å². The van der Waals surface area contributed by atoms with Crippen LogP contribution < -0.4 is 11.1 Å². The summed E-state index contributed by atoms with van der Waals surface area (Å²) >= 11 is 0. The minimum atomic E-state index is 0.391. The molecule has 20 heavy (non-hydrogen) atoms. The van der Waals surface area contributed by atoms with E-state index >= 15 is 0 Å². The quantitative estimate of drug-likeness (QED) is 0.775. The van der Waals surface area contributed by atoms with Crippen LogP contribution in [0.3, 0.4) is 0 Å². The van der Waals surface area contributed by atoms with E-state index in [0.29, 0.717) is 11.5 Å². The van der Waals surface area contributed by atoms with E-state index in [9.17, 15) is 0 Å². The van der Waals surface area contributed by atoms with Gasteiger partial charge in [-0.15, -0.1) is 0 Å². The first kappa shape index (κ1) is 14.6. The molecule has 0 radical (unpaired) electrons. The van der Waals surface area contributed by atoms with E-state index in [1.165, 1.54) is 38.5 Å². The lowest BCUT2D eigenvalue weighted by atomic mass is 9.68. The van der Waals surface area contributed by atoms with Gasteiger partial charge in [0.25, 0.3) is 0 Å². The second-order valence-corrected chi connectivity index (χ2v) is 8.28. The van der Waals surface area contributed by atoms with Crippen molar-refractivity contribution in [3.63, 3.8) is 0 Å². The van der Waals surface area contributed by atoms with Crippen LogP contribution in [0.2, 0.25) is 0 Å². The van der Waals surface area contributed by atoms with E-state index in [1.807, 2.05) is 0 Å².